The van der Waals surface area contributed by atoms with Gasteiger partial charge in [-0.25, -0.2) is 4.79 Å². The molecule has 0 fully saturated rings. The molecule has 0 aliphatic heterocycles. The molecule has 0 bridgehead atoms. The van der Waals surface area contributed by atoms with Gasteiger partial charge in [0.05, 0.1) is 5.56 Å². The van der Waals surface area contributed by atoms with Crippen molar-refractivity contribution in [2.45, 2.75) is 4.90 Å². The van der Waals surface area contributed by atoms with Crippen LogP contribution in [0.25, 0.3) is 0 Å². The summed E-state index contributed by atoms with van der Waals surface area (Å²) < 4.78 is 29.9. The molecule has 0 heterocycles. The predicted octanol–water partition coefficient (Wildman–Crippen LogP) is 0.251. The van der Waals surface area contributed by atoms with E-state index in [0.29, 0.717) is 0 Å². The maximum Gasteiger partial charge on any atom is 0.337 e. The van der Waals surface area contributed by atoms with E-state index in [0.717, 1.165) is 12.1 Å². The van der Waals surface area contributed by atoms with Crippen molar-refractivity contribution in [3.05, 3.63) is 29.8 Å². The van der Waals surface area contributed by atoms with E-state index in [4.69, 9.17) is 9.66 Å². The highest BCUT2D eigenvalue weighted by Crippen LogP contribution is 2.14. The Balaban J connectivity index is 0.00000169. The number of carboxylic acid groups (broad SMARTS) is 1. The van der Waals surface area contributed by atoms with Gasteiger partial charge in [-0.2, -0.15) is 8.42 Å². The number of carboxylic acids is 1. The predicted molar refractivity (Wildman–Crippen MR) is 49.0 cm³/mol. The molecule has 0 saturated heterocycles. The summed E-state index contributed by atoms with van der Waals surface area (Å²) in [6, 6.07) is 4.83. The Morgan fingerprint density at radius 1 is 1.21 bits per heavy atom. The van der Waals surface area contributed by atoms with Crippen LogP contribution in [0.1, 0.15) is 10.4 Å². The van der Waals surface area contributed by atoms with Gasteiger partial charge in [0.25, 0.3) is 10.1 Å². The molecule has 0 aromatic heterocycles. The van der Waals surface area contributed by atoms with Crippen molar-refractivity contribution in [1.29, 1.82) is 0 Å². The van der Waals surface area contributed by atoms with Crippen molar-refractivity contribution >= 4 is 33.4 Å². The molecule has 0 unspecified atom stereocenters. The monoisotopic (exact) mass is 229 g/mol. The molecule has 5 nitrogen and oxygen atoms in total. The summed E-state index contributed by atoms with van der Waals surface area (Å²) in [5.41, 5.74) is -0.440. The lowest BCUT2D eigenvalue weighted by molar-refractivity contribution is 0.0692. The van der Waals surface area contributed by atoms with Gasteiger partial charge in [-0.05, 0) is 12.1 Å². The van der Waals surface area contributed by atoms with Crippen molar-refractivity contribution in [2.24, 2.45) is 0 Å². The van der Waals surface area contributed by atoms with E-state index in [-0.39, 0.29) is 17.4 Å². The number of aromatic carboxylic acids is 1. The van der Waals surface area contributed by atoms with Crippen LogP contribution in [0.3, 0.4) is 0 Å². The van der Waals surface area contributed by atoms with E-state index in [1.807, 2.05) is 0 Å². The van der Waals surface area contributed by atoms with Crippen LogP contribution in [0.5, 0.6) is 0 Å². The highest BCUT2D eigenvalue weighted by atomic mass is 32.2. The standard InChI is InChI=1S/C7H6O5S.Al/c8-7(9)5-3-1-2-4-6(5)13(10,11)12;/h1-4H,(H,8,9)(H,10,11,12);. The summed E-state index contributed by atoms with van der Waals surface area (Å²) in [7, 11) is -4.46. The van der Waals surface area contributed by atoms with Crippen molar-refractivity contribution in [1.82, 2.24) is 0 Å². The van der Waals surface area contributed by atoms with Crippen LogP contribution in [0.2, 0.25) is 0 Å². The molecular formula is C7H6AlO5S. The maximum absolute atomic E-state index is 10.7. The van der Waals surface area contributed by atoms with Crippen molar-refractivity contribution in [3.63, 3.8) is 0 Å². The average molecular weight is 229 g/mol. The summed E-state index contributed by atoms with van der Waals surface area (Å²) in [4.78, 5) is 9.90. The van der Waals surface area contributed by atoms with Crippen LogP contribution >= 0.6 is 0 Å². The van der Waals surface area contributed by atoms with Crippen LogP contribution in [0, 0.1) is 0 Å². The highest BCUT2D eigenvalue weighted by Gasteiger charge is 2.18. The van der Waals surface area contributed by atoms with Crippen molar-refractivity contribution in [3.8, 4) is 0 Å². The molecule has 1 rings (SSSR count). The molecule has 0 atom stereocenters. The van der Waals surface area contributed by atoms with Gasteiger partial charge >= 0.3 is 5.97 Å². The summed E-state index contributed by atoms with van der Waals surface area (Å²) >= 11 is 0. The minimum Gasteiger partial charge on any atom is -0.478 e. The maximum atomic E-state index is 10.7. The third-order valence-corrected chi connectivity index (χ3v) is 2.31. The summed E-state index contributed by atoms with van der Waals surface area (Å²) in [5, 5.41) is 8.55. The van der Waals surface area contributed by atoms with Gasteiger partial charge in [0, 0.05) is 17.4 Å². The SMILES string of the molecule is O=C(O)c1ccccc1S(=O)(=O)O.[Al]. The third-order valence-electron chi connectivity index (χ3n) is 1.40. The molecule has 0 aliphatic rings. The van der Waals surface area contributed by atoms with Gasteiger partial charge in [-0.3, -0.25) is 4.55 Å². The highest BCUT2D eigenvalue weighted by molar-refractivity contribution is 7.86. The molecule has 1 aromatic rings. The second-order valence-electron chi connectivity index (χ2n) is 2.28. The first-order valence-electron chi connectivity index (χ1n) is 3.23. The lowest BCUT2D eigenvalue weighted by Crippen LogP contribution is -2.07. The molecule has 0 amide bonds. The normalized spacial score (nSPS) is 10.4. The van der Waals surface area contributed by atoms with Crippen molar-refractivity contribution in [2.75, 3.05) is 0 Å². The molecule has 73 valence electrons. The zero-order chi connectivity index (χ0) is 10.1. The molecule has 3 radical (unpaired) electrons. The first-order valence-corrected chi connectivity index (χ1v) is 4.67. The number of carbonyl (C=O) groups is 1. The second-order valence-corrected chi connectivity index (χ2v) is 3.67. The van der Waals surface area contributed by atoms with Gasteiger partial charge < -0.3 is 5.11 Å². The third kappa shape index (κ3) is 2.82. The zero-order valence-electron chi connectivity index (χ0n) is 6.91. The number of rotatable bonds is 2. The quantitative estimate of drug-likeness (QED) is 0.560. The first kappa shape index (κ1) is 13.1. The molecule has 0 spiro atoms. The average Bonchev–Trinajstić information content (AvgIpc) is 2.03. The summed E-state index contributed by atoms with van der Waals surface area (Å²) in [5.74, 6) is -1.40. The van der Waals surface area contributed by atoms with E-state index in [2.05, 4.69) is 0 Å². The summed E-state index contributed by atoms with van der Waals surface area (Å²) in [6.45, 7) is 0. The van der Waals surface area contributed by atoms with Crippen LogP contribution in [-0.4, -0.2) is 41.4 Å². The lowest BCUT2D eigenvalue weighted by Gasteiger charge is -2.00. The Labute approximate surface area is 91.3 Å². The molecule has 0 aliphatic carbocycles. The fourth-order valence-corrected chi connectivity index (χ4v) is 1.55. The zero-order valence-corrected chi connectivity index (χ0v) is 8.89. The molecule has 1 aromatic carbocycles. The smallest absolute Gasteiger partial charge is 0.337 e. The fraction of sp³-hybridized carbons (Fsp3) is 0. The Bertz CT molecular complexity index is 439. The Kier molecular flexibility index (Phi) is 4.29. The van der Waals surface area contributed by atoms with Gasteiger partial charge in [0.1, 0.15) is 4.90 Å². The second kappa shape index (κ2) is 4.57. The lowest BCUT2D eigenvalue weighted by atomic mass is 10.2. The van der Waals surface area contributed by atoms with Crippen molar-refractivity contribution < 1.29 is 22.9 Å². The van der Waals surface area contributed by atoms with Gasteiger partial charge in [-0.15, -0.1) is 0 Å². The minimum atomic E-state index is -4.46. The Hall–Kier alpha value is -0.868. The van der Waals surface area contributed by atoms with E-state index >= 15 is 0 Å². The molecular weight excluding hydrogens is 223 g/mol. The van der Waals surface area contributed by atoms with Gasteiger partial charge in [0.2, 0.25) is 0 Å². The molecule has 7 heteroatoms. The van der Waals surface area contributed by atoms with E-state index in [9.17, 15) is 13.2 Å². The number of benzene rings is 1. The largest absolute Gasteiger partial charge is 0.478 e. The van der Waals surface area contributed by atoms with Crippen LogP contribution < -0.4 is 0 Å². The van der Waals surface area contributed by atoms with Crippen LogP contribution in [-0.2, 0) is 10.1 Å². The Morgan fingerprint density at radius 3 is 2.07 bits per heavy atom. The fourth-order valence-electron chi connectivity index (χ4n) is 0.868. The van der Waals surface area contributed by atoms with E-state index in [1.54, 1.807) is 0 Å². The molecule has 14 heavy (non-hydrogen) atoms. The van der Waals surface area contributed by atoms with Gasteiger partial charge in [-0.1, -0.05) is 12.1 Å². The van der Waals surface area contributed by atoms with Crippen LogP contribution in [0.4, 0.5) is 0 Å². The molecule has 2 N–H and O–H groups in total. The number of hydrogen-bond donors (Lipinski definition) is 2. The summed E-state index contributed by atoms with van der Waals surface area (Å²) in [6.07, 6.45) is 0. The minimum absolute atomic E-state index is 0. The van der Waals surface area contributed by atoms with Crippen LogP contribution in [0.15, 0.2) is 29.2 Å². The van der Waals surface area contributed by atoms with Gasteiger partial charge in [0.15, 0.2) is 0 Å². The number of hydrogen-bond acceptors (Lipinski definition) is 3. The van der Waals surface area contributed by atoms with E-state index in [1.165, 1.54) is 12.1 Å². The Morgan fingerprint density at radius 2 is 1.71 bits per heavy atom. The topological polar surface area (TPSA) is 91.7 Å². The van der Waals surface area contributed by atoms with E-state index < -0.39 is 26.5 Å². The molecule has 0 saturated carbocycles. The first-order chi connectivity index (χ1) is 5.93.